The first-order chi connectivity index (χ1) is 8.42. The average Bonchev–Trinajstić information content (AvgIpc) is 2.36. The average molecular weight is 231 g/mol. The number of ether oxygens (including phenoxy) is 1. The zero-order valence-corrected chi connectivity index (χ0v) is 10.3. The molecule has 0 bridgehead atoms. The monoisotopic (exact) mass is 231 g/mol. The van der Waals surface area contributed by atoms with Gasteiger partial charge in [0.05, 0.1) is 0 Å². The molecular weight excluding hydrogens is 210 g/mol. The third-order valence-electron chi connectivity index (χ3n) is 4.10. The summed E-state index contributed by atoms with van der Waals surface area (Å²) in [6.07, 6.45) is 4.99. The highest BCUT2D eigenvalue weighted by atomic mass is 16.5. The molecule has 1 saturated carbocycles. The van der Waals surface area contributed by atoms with E-state index in [2.05, 4.69) is 35.6 Å². The fourth-order valence-electron chi connectivity index (χ4n) is 2.95. The Bertz CT molecular complexity index is 339. The number of rotatable bonds is 3. The van der Waals surface area contributed by atoms with Gasteiger partial charge >= 0.3 is 0 Å². The van der Waals surface area contributed by atoms with Crippen LogP contribution in [0.15, 0.2) is 30.3 Å². The third kappa shape index (κ3) is 2.70. The lowest BCUT2D eigenvalue weighted by Crippen LogP contribution is -2.47. The van der Waals surface area contributed by atoms with Crippen LogP contribution in [0.25, 0.3) is 0 Å². The van der Waals surface area contributed by atoms with Gasteiger partial charge in [-0.15, -0.1) is 0 Å². The Hall–Kier alpha value is -0.860. The van der Waals surface area contributed by atoms with E-state index in [-0.39, 0.29) is 0 Å². The summed E-state index contributed by atoms with van der Waals surface area (Å²) in [4.78, 5) is 0. The van der Waals surface area contributed by atoms with Crippen LogP contribution < -0.4 is 5.32 Å². The van der Waals surface area contributed by atoms with Crippen LogP contribution in [-0.2, 0) is 4.74 Å². The number of nitrogens with one attached hydrogen (secondary N) is 1. The van der Waals surface area contributed by atoms with Crippen LogP contribution in [0, 0.1) is 0 Å². The summed E-state index contributed by atoms with van der Waals surface area (Å²) in [6.45, 7) is 1.87. The minimum absolute atomic E-state index is 0.700. The Morgan fingerprint density at radius 2 is 1.65 bits per heavy atom. The molecule has 1 aliphatic carbocycles. The van der Waals surface area contributed by atoms with Gasteiger partial charge in [-0.2, -0.15) is 0 Å². The Labute approximate surface area is 103 Å². The molecule has 1 N–H and O–H groups in total. The molecule has 1 aliphatic heterocycles. The van der Waals surface area contributed by atoms with Gasteiger partial charge in [0.1, 0.15) is 0 Å². The van der Waals surface area contributed by atoms with Gasteiger partial charge in [-0.25, -0.2) is 0 Å². The maximum absolute atomic E-state index is 5.38. The summed E-state index contributed by atoms with van der Waals surface area (Å²) in [5, 5.41) is 3.78. The maximum Gasteiger partial charge on any atom is 0.0480 e. The van der Waals surface area contributed by atoms with Crippen molar-refractivity contribution in [3.8, 4) is 0 Å². The summed E-state index contributed by atoms with van der Waals surface area (Å²) in [5.74, 6) is 0.786. The van der Waals surface area contributed by atoms with Gasteiger partial charge in [-0.05, 0) is 37.2 Å². The number of hydrogen-bond donors (Lipinski definition) is 1. The second kappa shape index (κ2) is 5.19. The summed E-state index contributed by atoms with van der Waals surface area (Å²) in [6, 6.07) is 12.3. The zero-order valence-electron chi connectivity index (χ0n) is 10.3. The minimum Gasteiger partial charge on any atom is -0.381 e. The van der Waals surface area contributed by atoms with Crippen LogP contribution in [0.2, 0.25) is 0 Å². The van der Waals surface area contributed by atoms with Crippen LogP contribution in [0.3, 0.4) is 0 Å². The van der Waals surface area contributed by atoms with Gasteiger partial charge < -0.3 is 10.1 Å². The van der Waals surface area contributed by atoms with Crippen LogP contribution in [0.4, 0.5) is 0 Å². The summed E-state index contributed by atoms with van der Waals surface area (Å²) < 4.78 is 5.38. The molecule has 0 spiro atoms. The summed E-state index contributed by atoms with van der Waals surface area (Å²) in [5.41, 5.74) is 1.51. The topological polar surface area (TPSA) is 21.3 Å². The van der Waals surface area contributed by atoms with Crippen molar-refractivity contribution < 1.29 is 4.74 Å². The Balaban J connectivity index is 1.45. The van der Waals surface area contributed by atoms with Crippen LogP contribution in [0.1, 0.15) is 37.2 Å². The molecule has 2 heteroatoms. The van der Waals surface area contributed by atoms with Gasteiger partial charge in [-0.3, -0.25) is 0 Å². The van der Waals surface area contributed by atoms with Gasteiger partial charge in [-0.1, -0.05) is 30.3 Å². The molecule has 0 unspecified atom stereocenters. The van der Waals surface area contributed by atoms with Crippen molar-refractivity contribution in [1.29, 1.82) is 0 Å². The van der Waals surface area contributed by atoms with E-state index in [0.717, 1.165) is 25.2 Å². The van der Waals surface area contributed by atoms with E-state index in [0.29, 0.717) is 6.04 Å². The Morgan fingerprint density at radius 3 is 2.35 bits per heavy atom. The maximum atomic E-state index is 5.38. The van der Waals surface area contributed by atoms with E-state index in [4.69, 9.17) is 4.74 Å². The molecule has 2 aliphatic rings. The molecule has 92 valence electrons. The van der Waals surface area contributed by atoms with Crippen molar-refractivity contribution in [3.63, 3.8) is 0 Å². The standard InChI is InChI=1S/C15H21NO/c1-2-4-12(5-3-1)13-10-15(11-13)16-14-6-8-17-9-7-14/h1-5,13-16H,6-11H2. The van der Waals surface area contributed by atoms with Gasteiger partial charge in [0.15, 0.2) is 0 Å². The highest BCUT2D eigenvalue weighted by Gasteiger charge is 2.31. The molecular formula is C15H21NO. The fourth-order valence-corrected chi connectivity index (χ4v) is 2.95. The van der Waals surface area contributed by atoms with Crippen molar-refractivity contribution in [2.24, 2.45) is 0 Å². The number of hydrogen-bond acceptors (Lipinski definition) is 2. The second-order valence-electron chi connectivity index (χ2n) is 5.33. The summed E-state index contributed by atoms with van der Waals surface area (Å²) in [7, 11) is 0. The molecule has 0 radical (unpaired) electrons. The van der Waals surface area contributed by atoms with Crippen molar-refractivity contribution in [3.05, 3.63) is 35.9 Å². The Kier molecular flexibility index (Phi) is 3.44. The molecule has 1 saturated heterocycles. The van der Waals surface area contributed by atoms with Crippen molar-refractivity contribution in [2.75, 3.05) is 13.2 Å². The lowest BCUT2D eigenvalue weighted by molar-refractivity contribution is 0.0698. The van der Waals surface area contributed by atoms with Gasteiger partial charge in [0, 0.05) is 25.3 Å². The highest BCUT2D eigenvalue weighted by molar-refractivity contribution is 5.22. The first-order valence-electron chi connectivity index (χ1n) is 6.80. The van der Waals surface area contributed by atoms with E-state index < -0.39 is 0 Å². The molecule has 2 fully saturated rings. The largest absolute Gasteiger partial charge is 0.381 e. The lowest BCUT2D eigenvalue weighted by Gasteiger charge is -2.39. The van der Waals surface area contributed by atoms with Crippen molar-refractivity contribution in [1.82, 2.24) is 5.32 Å². The van der Waals surface area contributed by atoms with E-state index in [1.807, 2.05) is 0 Å². The van der Waals surface area contributed by atoms with Crippen molar-refractivity contribution >= 4 is 0 Å². The van der Waals surface area contributed by atoms with E-state index in [1.165, 1.54) is 31.2 Å². The van der Waals surface area contributed by atoms with Gasteiger partial charge in [0.2, 0.25) is 0 Å². The van der Waals surface area contributed by atoms with Crippen molar-refractivity contribution in [2.45, 2.75) is 43.7 Å². The highest BCUT2D eigenvalue weighted by Crippen LogP contribution is 2.37. The van der Waals surface area contributed by atoms with E-state index in [9.17, 15) is 0 Å². The predicted molar refractivity (Wildman–Crippen MR) is 69.2 cm³/mol. The quantitative estimate of drug-likeness (QED) is 0.863. The molecule has 2 nitrogen and oxygen atoms in total. The Morgan fingerprint density at radius 1 is 0.941 bits per heavy atom. The lowest BCUT2D eigenvalue weighted by atomic mass is 9.75. The molecule has 1 aromatic rings. The molecule has 1 heterocycles. The normalized spacial score (nSPS) is 29.9. The molecule has 17 heavy (non-hydrogen) atoms. The third-order valence-corrected chi connectivity index (χ3v) is 4.10. The SMILES string of the molecule is c1ccc(C2CC(NC3CCOCC3)C2)cc1. The molecule has 0 aromatic heterocycles. The zero-order chi connectivity index (χ0) is 11.5. The fraction of sp³-hybridized carbons (Fsp3) is 0.600. The minimum atomic E-state index is 0.700. The smallest absolute Gasteiger partial charge is 0.0480 e. The first kappa shape index (κ1) is 11.2. The molecule has 0 atom stereocenters. The molecule has 0 amide bonds. The first-order valence-corrected chi connectivity index (χ1v) is 6.80. The number of benzene rings is 1. The van der Waals surface area contributed by atoms with E-state index >= 15 is 0 Å². The van der Waals surface area contributed by atoms with Crippen LogP contribution >= 0.6 is 0 Å². The molecule has 3 rings (SSSR count). The summed E-state index contributed by atoms with van der Waals surface area (Å²) >= 11 is 0. The van der Waals surface area contributed by atoms with Gasteiger partial charge in [0.25, 0.3) is 0 Å². The van der Waals surface area contributed by atoms with Crippen LogP contribution in [0.5, 0.6) is 0 Å². The predicted octanol–water partition coefficient (Wildman–Crippen LogP) is 2.70. The van der Waals surface area contributed by atoms with E-state index in [1.54, 1.807) is 0 Å². The molecule has 1 aromatic carbocycles. The van der Waals surface area contributed by atoms with Crippen LogP contribution in [-0.4, -0.2) is 25.3 Å². The second-order valence-corrected chi connectivity index (χ2v) is 5.33.